The maximum atomic E-state index is 14.6. The summed E-state index contributed by atoms with van der Waals surface area (Å²) in [7, 11) is -1.22. The molecule has 3 aromatic carbocycles. The Balaban J connectivity index is 1.43. The van der Waals surface area contributed by atoms with Crippen molar-refractivity contribution >= 4 is 35.9 Å². The molecule has 0 aliphatic carbocycles. The zero-order chi connectivity index (χ0) is 35.6. The Morgan fingerprint density at radius 2 is 1.76 bits per heavy atom. The number of rotatable bonds is 11. The Labute approximate surface area is 286 Å². The van der Waals surface area contributed by atoms with Gasteiger partial charge in [0.25, 0.3) is 5.56 Å². The number of alkyl halides is 3. The molecule has 0 fully saturated rings. The average Bonchev–Trinajstić information content (AvgIpc) is 3.65. The number of fused-ring (bicyclic) bond motifs is 2. The number of aliphatic hydroxyl groups excluding tert-OH is 1. The van der Waals surface area contributed by atoms with Crippen LogP contribution in [0.1, 0.15) is 61.7 Å². The number of anilines is 2. The molecule has 1 aromatic heterocycles. The highest BCUT2D eigenvalue weighted by Crippen LogP contribution is 2.42. The Morgan fingerprint density at radius 1 is 1.06 bits per heavy atom. The van der Waals surface area contributed by atoms with E-state index in [0.717, 1.165) is 12.1 Å². The first-order chi connectivity index (χ1) is 23.9. The lowest BCUT2D eigenvalue weighted by Gasteiger charge is -2.24. The molecule has 11 nitrogen and oxygen atoms in total. The Morgan fingerprint density at radius 3 is 2.44 bits per heavy atom. The minimum atomic E-state index is -4.57. The van der Waals surface area contributed by atoms with Crippen molar-refractivity contribution in [2.45, 2.75) is 63.9 Å². The topological polar surface area (TPSA) is 144 Å². The normalized spacial score (nSPS) is 17.7. The number of hydrogen-bond acceptors (Lipinski definition) is 8. The van der Waals surface area contributed by atoms with Crippen LogP contribution in [0.3, 0.4) is 0 Å². The van der Waals surface area contributed by atoms with Gasteiger partial charge in [0.2, 0.25) is 11.8 Å². The second-order valence-electron chi connectivity index (χ2n) is 12.5. The summed E-state index contributed by atoms with van der Waals surface area (Å²) in [5, 5.41) is 18.4. The summed E-state index contributed by atoms with van der Waals surface area (Å²) in [4.78, 5) is 46.6. The lowest BCUT2D eigenvalue weighted by Crippen LogP contribution is -2.49. The van der Waals surface area contributed by atoms with E-state index in [0.29, 0.717) is 35.7 Å². The van der Waals surface area contributed by atoms with Gasteiger partial charge in [-0.15, -0.1) is 0 Å². The highest BCUT2D eigenvalue weighted by molar-refractivity contribution is 6.64. The number of benzene rings is 3. The summed E-state index contributed by atoms with van der Waals surface area (Å²) in [6.45, 7) is 3.49. The second kappa shape index (κ2) is 13.9. The van der Waals surface area contributed by atoms with Crippen molar-refractivity contribution in [2.24, 2.45) is 0 Å². The van der Waals surface area contributed by atoms with Gasteiger partial charge in [-0.05, 0) is 48.7 Å². The fraction of sp³-hybridized carbons (Fsp3) is 0.314. The summed E-state index contributed by atoms with van der Waals surface area (Å²) in [5.41, 5.74) is -1.60. The van der Waals surface area contributed by atoms with Gasteiger partial charge in [-0.25, -0.2) is 4.98 Å². The van der Waals surface area contributed by atoms with Crippen LogP contribution in [0.4, 0.5) is 24.5 Å². The minimum Gasteiger partial charge on any atom is -0.518 e. The van der Waals surface area contributed by atoms with Crippen LogP contribution in [-0.4, -0.2) is 40.1 Å². The number of carbonyl (C=O) groups excluding carboxylic acids is 2. The van der Waals surface area contributed by atoms with Gasteiger partial charge in [-0.3, -0.25) is 19.0 Å². The lowest BCUT2D eigenvalue weighted by molar-refractivity contribution is -0.137. The standard InChI is InChI=1S/C35H35BF3N5O6/c1-3-15-40-31(47)25-17-34(2,18-28(46)42-24-12-5-4-10-22(24)20-45)33-43-30(36-49-26-13-6-7-14-27(26)50-36)29(32(48)44(25)33)41-19-21-9-8-11-23(16-21)35(37,38)39/h4-14,16,25,41,45H,3,15,17-20H2,1-2H3,(H,40,47)(H,42,46). The van der Waals surface area contributed by atoms with Crippen molar-refractivity contribution in [2.75, 3.05) is 17.2 Å². The summed E-state index contributed by atoms with van der Waals surface area (Å²) in [6.07, 6.45) is -4.06. The number of para-hydroxylation sites is 3. The Bertz CT molecular complexity index is 1960. The van der Waals surface area contributed by atoms with E-state index >= 15 is 0 Å². The molecule has 3 heterocycles. The average molecular weight is 690 g/mol. The third kappa shape index (κ3) is 6.90. The molecule has 50 heavy (non-hydrogen) atoms. The first-order valence-corrected chi connectivity index (χ1v) is 16.2. The number of hydrogen-bond donors (Lipinski definition) is 4. The molecule has 0 spiro atoms. The highest BCUT2D eigenvalue weighted by Gasteiger charge is 2.50. The molecule has 4 aromatic rings. The van der Waals surface area contributed by atoms with Crippen LogP contribution in [-0.2, 0) is 34.3 Å². The predicted octanol–water partition coefficient (Wildman–Crippen LogP) is 4.29. The van der Waals surface area contributed by atoms with Gasteiger partial charge in [0.05, 0.1) is 12.2 Å². The number of aromatic nitrogens is 2. The van der Waals surface area contributed by atoms with Gasteiger partial charge in [-0.1, -0.05) is 56.3 Å². The SMILES string of the molecule is CCCNC(=O)C1CC(C)(CC(=O)Nc2ccccc2CO)c2nc(B3Oc4ccccc4O3)c(NCc3cccc(C(F)(F)F)c3)c(=O)n21. The van der Waals surface area contributed by atoms with Gasteiger partial charge < -0.3 is 30.4 Å². The summed E-state index contributed by atoms with van der Waals surface area (Å²) < 4.78 is 53.8. The summed E-state index contributed by atoms with van der Waals surface area (Å²) in [6, 6.07) is 17.3. The quantitative estimate of drug-likeness (QED) is 0.171. The molecule has 2 aliphatic heterocycles. The number of halogens is 3. The third-order valence-electron chi connectivity index (χ3n) is 8.77. The maximum Gasteiger partial charge on any atom is 0.655 e. The molecule has 0 radical (unpaired) electrons. The first kappa shape index (κ1) is 34.6. The third-order valence-corrected chi connectivity index (χ3v) is 8.77. The highest BCUT2D eigenvalue weighted by atomic mass is 19.4. The molecule has 15 heteroatoms. The molecule has 2 atom stereocenters. The second-order valence-corrected chi connectivity index (χ2v) is 12.5. The number of nitrogens with one attached hydrogen (secondary N) is 3. The lowest BCUT2D eigenvalue weighted by atomic mass is 9.80. The van der Waals surface area contributed by atoms with Crippen LogP contribution >= 0.6 is 0 Å². The molecule has 2 unspecified atom stereocenters. The van der Waals surface area contributed by atoms with Crippen LogP contribution in [0.25, 0.3) is 0 Å². The number of aliphatic hydroxyl groups is 1. The minimum absolute atomic E-state index is 0.0105. The van der Waals surface area contributed by atoms with E-state index in [4.69, 9.17) is 14.3 Å². The van der Waals surface area contributed by atoms with E-state index in [9.17, 15) is 32.7 Å². The molecule has 0 bridgehead atoms. The van der Waals surface area contributed by atoms with Gasteiger partial charge >= 0.3 is 13.3 Å². The molecular formula is C35H35BF3N5O6. The van der Waals surface area contributed by atoms with Crippen LogP contribution in [0, 0.1) is 0 Å². The van der Waals surface area contributed by atoms with Gasteiger partial charge in [-0.2, -0.15) is 13.2 Å². The molecule has 2 aliphatic rings. The monoisotopic (exact) mass is 689 g/mol. The van der Waals surface area contributed by atoms with Crippen molar-refractivity contribution in [1.29, 1.82) is 0 Å². The summed E-state index contributed by atoms with van der Waals surface area (Å²) >= 11 is 0. The van der Waals surface area contributed by atoms with Crippen molar-refractivity contribution < 1.29 is 37.2 Å². The van der Waals surface area contributed by atoms with Gasteiger partial charge in [0.1, 0.15) is 34.6 Å². The summed E-state index contributed by atoms with van der Waals surface area (Å²) in [5.74, 6) is 0.0602. The molecule has 6 rings (SSSR count). The van der Waals surface area contributed by atoms with Crippen LogP contribution in [0.2, 0.25) is 0 Å². The van der Waals surface area contributed by atoms with E-state index in [1.807, 2.05) is 6.92 Å². The number of nitrogens with zero attached hydrogens (tertiary/aromatic N) is 2. The first-order valence-electron chi connectivity index (χ1n) is 16.2. The van der Waals surface area contributed by atoms with E-state index in [1.54, 1.807) is 55.5 Å². The Hall–Kier alpha value is -5.31. The van der Waals surface area contributed by atoms with Crippen LogP contribution in [0.15, 0.2) is 77.6 Å². The fourth-order valence-electron chi connectivity index (χ4n) is 6.33. The number of carbonyl (C=O) groups is 2. The number of amides is 2. The zero-order valence-electron chi connectivity index (χ0n) is 27.3. The van der Waals surface area contributed by atoms with Crippen molar-refractivity contribution in [1.82, 2.24) is 14.9 Å². The van der Waals surface area contributed by atoms with Crippen molar-refractivity contribution in [3.63, 3.8) is 0 Å². The Kier molecular flexibility index (Phi) is 9.61. The van der Waals surface area contributed by atoms with E-state index in [1.165, 1.54) is 16.7 Å². The van der Waals surface area contributed by atoms with Crippen LogP contribution in [0.5, 0.6) is 11.5 Å². The van der Waals surface area contributed by atoms with Crippen molar-refractivity contribution in [3.05, 3.63) is 106 Å². The fourth-order valence-corrected chi connectivity index (χ4v) is 6.33. The smallest absolute Gasteiger partial charge is 0.518 e. The molecular weight excluding hydrogens is 654 g/mol. The molecule has 4 N–H and O–H groups in total. The maximum absolute atomic E-state index is 14.6. The van der Waals surface area contributed by atoms with E-state index < -0.39 is 47.7 Å². The van der Waals surface area contributed by atoms with Crippen molar-refractivity contribution in [3.8, 4) is 11.5 Å². The van der Waals surface area contributed by atoms with E-state index in [-0.39, 0.29) is 48.7 Å². The molecule has 0 saturated carbocycles. The van der Waals surface area contributed by atoms with Gasteiger partial charge in [0, 0.05) is 36.2 Å². The predicted molar refractivity (Wildman–Crippen MR) is 180 cm³/mol. The van der Waals surface area contributed by atoms with Gasteiger partial charge in [0.15, 0.2) is 0 Å². The zero-order valence-corrected chi connectivity index (χ0v) is 27.3. The molecule has 0 saturated heterocycles. The molecule has 2 amide bonds. The van der Waals surface area contributed by atoms with Crippen LogP contribution < -0.4 is 36.4 Å². The largest absolute Gasteiger partial charge is 0.655 e. The molecule has 260 valence electrons. The van der Waals surface area contributed by atoms with E-state index in [2.05, 4.69) is 16.0 Å².